The third-order valence-electron chi connectivity index (χ3n) is 2.98. The highest BCUT2D eigenvalue weighted by Crippen LogP contribution is 2.25. The molecule has 0 unspecified atom stereocenters. The first-order chi connectivity index (χ1) is 7.65. The van der Waals surface area contributed by atoms with Crippen molar-refractivity contribution < 1.29 is 0 Å². The van der Waals surface area contributed by atoms with E-state index in [0.29, 0.717) is 23.5 Å². The van der Waals surface area contributed by atoms with Crippen molar-refractivity contribution in [2.24, 2.45) is 16.9 Å². The number of hydrazone groups is 1. The molecule has 2 atom stereocenters. The SMILES string of the molecule is C=CCNC(=S)NN=C1[C@H](C)CCC[C@@H]1C. The molecule has 1 aliphatic carbocycles. The van der Waals surface area contributed by atoms with Gasteiger partial charge in [0, 0.05) is 12.3 Å². The van der Waals surface area contributed by atoms with Crippen LogP contribution in [0.4, 0.5) is 0 Å². The van der Waals surface area contributed by atoms with Gasteiger partial charge in [0.15, 0.2) is 5.11 Å². The molecule has 0 saturated heterocycles. The maximum absolute atomic E-state index is 5.09. The fourth-order valence-electron chi connectivity index (χ4n) is 2.05. The van der Waals surface area contributed by atoms with Gasteiger partial charge in [-0.3, -0.25) is 5.43 Å². The lowest BCUT2D eigenvalue weighted by molar-refractivity contribution is 0.484. The third-order valence-corrected chi connectivity index (χ3v) is 3.21. The number of nitrogens with one attached hydrogen (secondary N) is 2. The molecule has 1 saturated carbocycles. The van der Waals surface area contributed by atoms with Gasteiger partial charge in [0.2, 0.25) is 0 Å². The standard InChI is InChI=1S/C12H21N3S/c1-4-8-13-12(16)15-14-11-9(2)6-5-7-10(11)3/h4,9-10H,1,5-8H2,2-3H3,(H2,13,15,16)/t9-,10+. The Morgan fingerprint density at radius 3 is 2.69 bits per heavy atom. The van der Waals surface area contributed by atoms with Crippen LogP contribution in [-0.4, -0.2) is 17.4 Å². The van der Waals surface area contributed by atoms with Gasteiger partial charge in [-0.1, -0.05) is 26.3 Å². The highest BCUT2D eigenvalue weighted by molar-refractivity contribution is 7.80. The largest absolute Gasteiger partial charge is 0.358 e. The molecule has 3 nitrogen and oxygen atoms in total. The summed E-state index contributed by atoms with van der Waals surface area (Å²) in [5, 5.41) is 7.99. The third kappa shape index (κ3) is 3.93. The van der Waals surface area contributed by atoms with Crippen molar-refractivity contribution in [3.05, 3.63) is 12.7 Å². The molecule has 0 amide bonds. The average Bonchev–Trinajstić information content (AvgIpc) is 2.25. The Morgan fingerprint density at radius 1 is 1.50 bits per heavy atom. The molecule has 2 N–H and O–H groups in total. The van der Waals surface area contributed by atoms with E-state index in [4.69, 9.17) is 12.2 Å². The van der Waals surface area contributed by atoms with Crippen LogP contribution >= 0.6 is 12.2 Å². The minimum Gasteiger partial charge on any atom is -0.358 e. The molecule has 0 aromatic rings. The summed E-state index contributed by atoms with van der Waals surface area (Å²) in [5.74, 6) is 1.14. The second-order valence-corrected chi connectivity index (χ2v) is 4.79. The van der Waals surface area contributed by atoms with Crippen molar-refractivity contribution >= 4 is 23.0 Å². The van der Waals surface area contributed by atoms with Gasteiger partial charge < -0.3 is 5.32 Å². The molecule has 1 fully saturated rings. The van der Waals surface area contributed by atoms with Crippen LogP contribution in [0.2, 0.25) is 0 Å². The Morgan fingerprint density at radius 2 is 2.12 bits per heavy atom. The smallest absolute Gasteiger partial charge is 0.187 e. The van der Waals surface area contributed by atoms with Crippen LogP contribution in [0.5, 0.6) is 0 Å². The maximum atomic E-state index is 5.09. The quantitative estimate of drug-likeness (QED) is 0.451. The zero-order chi connectivity index (χ0) is 12.0. The Kier molecular flexibility index (Phi) is 5.46. The first kappa shape index (κ1) is 13.2. The molecule has 0 aromatic carbocycles. The summed E-state index contributed by atoms with van der Waals surface area (Å²) in [6.45, 7) is 8.75. The second-order valence-electron chi connectivity index (χ2n) is 4.38. The van der Waals surface area contributed by atoms with Crippen molar-refractivity contribution in [2.45, 2.75) is 33.1 Å². The minimum absolute atomic E-state index is 0.567. The number of thiocarbonyl (C=S) groups is 1. The summed E-state index contributed by atoms with van der Waals surface area (Å²) >= 11 is 5.09. The summed E-state index contributed by atoms with van der Waals surface area (Å²) in [6.07, 6.45) is 5.54. The zero-order valence-electron chi connectivity index (χ0n) is 10.1. The van der Waals surface area contributed by atoms with E-state index in [9.17, 15) is 0 Å². The molecular weight excluding hydrogens is 218 g/mol. The normalized spacial score (nSPS) is 27.5. The molecule has 0 heterocycles. The van der Waals surface area contributed by atoms with E-state index in [2.05, 4.69) is 36.3 Å². The van der Waals surface area contributed by atoms with Crippen LogP contribution in [-0.2, 0) is 0 Å². The van der Waals surface area contributed by atoms with E-state index in [1.807, 2.05) is 0 Å². The topological polar surface area (TPSA) is 36.4 Å². The van der Waals surface area contributed by atoms with Crippen LogP contribution < -0.4 is 10.7 Å². The average molecular weight is 239 g/mol. The minimum atomic E-state index is 0.567. The molecule has 0 spiro atoms. The Balaban J connectivity index is 2.47. The molecule has 90 valence electrons. The molecule has 0 aromatic heterocycles. The fourth-order valence-corrected chi connectivity index (χ4v) is 2.18. The molecule has 0 radical (unpaired) electrons. The van der Waals surface area contributed by atoms with Crippen molar-refractivity contribution in [1.29, 1.82) is 0 Å². The molecular formula is C12H21N3S. The highest BCUT2D eigenvalue weighted by atomic mass is 32.1. The van der Waals surface area contributed by atoms with Crippen molar-refractivity contribution in [3.8, 4) is 0 Å². The van der Waals surface area contributed by atoms with E-state index in [0.717, 1.165) is 0 Å². The molecule has 1 aliphatic rings. The molecule has 16 heavy (non-hydrogen) atoms. The van der Waals surface area contributed by atoms with Crippen LogP contribution in [0.25, 0.3) is 0 Å². The van der Waals surface area contributed by atoms with Crippen molar-refractivity contribution in [2.75, 3.05) is 6.54 Å². The molecule has 0 bridgehead atoms. The zero-order valence-corrected chi connectivity index (χ0v) is 10.9. The van der Waals surface area contributed by atoms with E-state index >= 15 is 0 Å². The van der Waals surface area contributed by atoms with Gasteiger partial charge in [-0.05, 0) is 36.9 Å². The van der Waals surface area contributed by atoms with Gasteiger partial charge in [0.1, 0.15) is 0 Å². The van der Waals surface area contributed by atoms with Crippen LogP contribution in [0.15, 0.2) is 17.8 Å². The van der Waals surface area contributed by atoms with Gasteiger partial charge in [-0.25, -0.2) is 0 Å². The lowest BCUT2D eigenvalue weighted by Crippen LogP contribution is -2.35. The van der Waals surface area contributed by atoms with Gasteiger partial charge in [-0.2, -0.15) is 5.10 Å². The van der Waals surface area contributed by atoms with Crippen molar-refractivity contribution in [1.82, 2.24) is 10.7 Å². The van der Waals surface area contributed by atoms with Gasteiger partial charge in [-0.15, -0.1) is 6.58 Å². The summed E-state index contributed by atoms with van der Waals surface area (Å²) in [4.78, 5) is 0. The van der Waals surface area contributed by atoms with Gasteiger partial charge >= 0.3 is 0 Å². The molecule has 1 rings (SSSR count). The summed E-state index contributed by atoms with van der Waals surface area (Å²) in [6, 6.07) is 0. The predicted octanol–water partition coefficient (Wildman–Crippen LogP) is 2.45. The summed E-state index contributed by atoms with van der Waals surface area (Å²) < 4.78 is 0. The fraction of sp³-hybridized carbons (Fsp3) is 0.667. The Hall–Kier alpha value is -0.900. The van der Waals surface area contributed by atoms with Crippen LogP contribution in [0.1, 0.15) is 33.1 Å². The molecule has 4 heteroatoms. The summed E-state index contributed by atoms with van der Waals surface area (Å²) in [5.41, 5.74) is 4.15. The highest BCUT2D eigenvalue weighted by Gasteiger charge is 2.22. The lowest BCUT2D eigenvalue weighted by Gasteiger charge is -2.26. The second kappa shape index (κ2) is 6.63. The van der Waals surface area contributed by atoms with Crippen LogP contribution in [0.3, 0.4) is 0 Å². The first-order valence-electron chi connectivity index (χ1n) is 5.87. The number of nitrogens with zero attached hydrogens (tertiary/aromatic N) is 1. The van der Waals surface area contributed by atoms with Crippen molar-refractivity contribution in [3.63, 3.8) is 0 Å². The first-order valence-corrected chi connectivity index (χ1v) is 6.28. The summed E-state index contributed by atoms with van der Waals surface area (Å²) in [7, 11) is 0. The van der Waals surface area contributed by atoms with E-state index in [-0.39, 0.29) is 0 Å². The number of rotatable bonds is 3. The lowest BCUT2D eigenvalue weighted by atomic mass is 9.81. The Bertz CT molecular complexity index is 274. The monoisotopic (exact) mass is 239 g/mol. The van der Waals surface area contributed by atoms with Gasteiger partial charge in [0.05, 0.1) is 0 Å². The van der Waals surface area contributed by atoms with Crippen LogP contribution in [0, 0.1) is 11.8 Å². The number of hydrogen-bond acceptors (Lipinski definition) is 2. The van der Waals surface area contributed by atoms with E-state index in [1.165, 1.54) is 25.0 Å². The van der Waals surface area contributed by atoms with Gasteiger partial charge in [0.25, 0.3) is 0 Å². The molecule has 0 aliphatic heterocycles. The van der Waals surface area contributed by atoms with E-state index < -0.39 is 0 Å². The number of hydrogen-bond donors (Lipinski definition) is 2. The Labute approximate surface area is 103 Å². The predicted molar refractivity (Wildman–Crippen MR) is 73.5 cm³/mol. The maximum Gasteiger partial charge on any atom is 0.187 e. The van der Waals surface area contributed by atoms with E-state index in [1.54, 1.807) is 6.08 Å².